The summed E-state index contributed by atoms with van der Waals surface area (Å²) in [7, 11) is 3.32. The number of carbonyl (C=O) groups is 2. The predicted octanol–water partition coefficient (Wildman–Crippen LogP) is 2.72. The van der Waals surface area contributed by atoms with Crippen LogP contribution in [0.4, 0.5) is 14.5 Å². The standard InChI is InChI=1S/C16H21N5O2.C6H4F2/c1-19(2)15(22)11-17-16(23)13-10-18-21-8-5-12(9-14(13)21)20-6-3-4-7-20;7-5-1-2-6(8)4-3-5/h5,8-10H,3-4,6-7,11H2,1-2H3,(H,17,23);1-4H. The van der Waals surface area contributed by atoms with Gasteiger partial charge in [0.15, 0.2) is 0 Å². The molecule has 0 aliphatic carbocycles. The highest BCUT2D eigenvalue weighted by atomic mass is 19.1. The number of hydrogen-bond donors (Lipinski definition) is 1. The van der Waals surface area contributed by atoms with Crippen LogP contribution < -0.4 is 10.2 Å². The molecule has 7 nitrogen and oxygen atoms in total. The van der Waals surface area contributed by atoms with Crippen molar-refractivity contribution in [1.29, 1.82) is 0 Å². The molecule has 0 atom stereocenters. The van der Waals surface area contributed by atoms with Gasteiger partial charge < -0.3 is 15.1 Å². The van der Waals surface area contributed by atoms with Crippen LogP contribution in [0.25, 0.3) is 5.52 Å². The lowest BCUT2D eigenvalue weighted by Crippen LogP contribution is -2.36. The summed E-state index contributed by atoms with van der Waals surface area (Å²) in [5, 5.41) is 6.86. The first kappa shape index (κ1) is 22.2. The number of halogens is 2. The SMILES string of the molecule is CN(C)C(=O)CNC(=O)c1cnn2ccc(N3CCCC3)cc12.Fc1ccc(F)cc1. The highest BCUT2D eigenvalue weighted by molar-refractivity contribution is 6.02. The van der Waals surface area contributed by atoms with Crippen molar-refractivity contribution in [3.05, 3.63) is 66.0 Å². The Bertz CT molecular complexity index is 1020. The van der Waals surface area contributed by atoms with E-state index in [1.54, 1.807) is 24.8 Å². The Morgan fingerprint density at radius 1 is 1.06 bits per heavy atom. The van der Waals surface area contributed by atoms with Gasteiger partial charge in [0, 0.05) is 39.1 Å². The number of pyridine rings is 1. The van der Waals surface area contributed by atoms with Gasteiger partial charge in [-0.15, -0.1) is 0 Å². The first-order valence-corrected chi connectivity index (χ1v) is 9.97. The summed E-state index contributed by atoms with van der Waals surface area (Å²) in [6.45, 7) is 2.07. The van der Waals surface area contributed by atoms with Gasteiger partial charge in [-0.05, 0) is 49.2 Å². The van der Waals surface area contributed by atoms with Crippen LogP contribution in [0.1, 0.15) is 23.2 Å². The number of likely N-dealkylation sites (N-methyl/N-ethyl adjacent to an activating group) is 1. The topological polar surface area (TPSA) is 70.0 Å². The summed E-state index contributed by atoms with van der Waals surface area (Å²) in [5.41, 5.74) is 2.34. The molecule has 4 rings (SSSR count). The van der Waals surface area contributed by atoms with Crippen molar-refractivity contribution >= 4 is 23.0 Å². The summed E-state index contributed by atoms with van der Waals surface area (Å²) >= 11 is 0. The van der Waals surface area contributed by atoms with Crippen LogP contribution in [-0.2, 0) is 4.79 Å². The molecule has 1 aromatic carbocycles. The minimum atomic E-state index is -0.411. The number of benzene rings is 1. The van der Waals surface area contributed by atoms with Gasteiger partial charge in [-0.1, -0.05) is 0 Å². The first-order valence-electron chi connectivity index (χ1n) is 9.97. The van der Waals surface area contributed by atoms with Crippen molar-refractivity contribution in [2.24, 2.45) is 0 Å². The number of carbonyl (C=O) groups excluding carboxylic acids is 2. The van der Waals surface area contributed by atoms with E-state index in [0.717, 1.165) is 48.6 Å². The van der Waals surface area contributed by atoms with Crippen LogP contribution in [0.5, 0.6) is 0 Å². The van der Waals surface area contributed by atoms with Crippen molar-refractivity contribution in [1.82, 2.24) is 19.8 Å². The van der Waals surface area contributed by atoms with Crippen molar-refractivity contribution in [2.75, 3.05) is 38.6 Å². The maximum absolute atomic E-state index is 12.3. The van der Waals surface area contributed by atoms with Crippen molar-refractivity contribution in [2.45, 2.75) is 12.8 Å². The summed E-state index contributed by atoms with van der Waals surface area (Å²) in [6, 6.07) is 8.32. The Balaban J connectivity index is 0.000000287. The lowest BCUT2D eigenvalue weighted by atomic mass is 10.2. The molecule has 1 fully saturated rings. The zero-order valence-corrected chi connectivity index (χ0v) is 17.5. The molecular formula is C22H25F2N5O2. The molecule has 0 bridgehead atoms. The number of nitrogens with zero attached hydrogens (tertiary/aromatic N) is 4. The Morgan fingerprint density at radius 3 is 2.26 bits per heavy atom. The number of fused-ring (bicyclic) bond motifs is 1. The van der Waals surface area contributed by atoms with E-state index in [-0.39, 0.29) is 18.4 Å². The Morgan fingerprint density at radius 2 is 1.68 bits per heavy atom. The second-order valence-electron chi connectivity index (χ2n) is 7.37. The minimum Gasteiger partial charge on any atom is -0.371 e. The maximum atomic E-state index is 12.3. The minimum absolute atomic E-state index is 0.0189. The van der Waals surface area contributed by atoms with Crippen molar-refractivity contribution < 1.29 is 18.4 Å². The molecule has 0 spiro atoms. The molecule has 2 amide bonds. The zero-order chi connectivity index (χ0) is 22.4. The van der Waals surface area contributed by atoms with Crippen LogP contribution in [0.15, 0.2) is 48.8 Å². The Hall–Kier alpha value is -3.49. The molecule has 2 aromatic heterocycles. The van der Waals surface area contributed by atoms with Gasteiger partial charge in [-0.3, -0.25) is 9.59 Å². The average molecular weight is 429 g/mol. The van der Waals surface area contributed by atoms with Crippen LogP contribution in [0.2, 0.25) is 0 Å². The van der Waals surface area contributed by atoms with Crippen molar-refractivity contribution in [3.8, 4) is 0 Å². The second kappa shape index (κ2) is 10.0. The summed E-state index contributed by atoms with van der Waals surface area (Å²) in [6.07, 6.45) is 5.80. The van der Waals surface area contributed by atoms with Crippen molar-refractivity contribution in [3.63, 3.8) is 0 Å². The molecule has 31 heavy (non-hydrogen) atoms. The molecule has 1 N–H and O–H groups in total. The number of anilines is 1. The largest absolute Gasteiger partial charge is 0.371 e. The van der Waals surface area contributed by atoms with Crippen LogP contribution >= 0.6 is 0 Å². The smallest absolute Gasteiger partial charge is 0.255 e. The van der Waals surface area contributed by atoms with E-state index in [4.69, 9.17) is 0 Å². The molecular weight excluding hydrogens is 404 g/mol. The summed E-state index contributed by atoms with van der Waals surface area (Å²) in [4.78, 5) is 27.7. The lowest BCUT2D eigenvalue weighted by molar-refractivity contribution is -0.127. The number of aromatic nitrogens is 2. The summed E-state index contributed by atoms with van der Waals surface area (Å²) < 4.78 is 25.5. The van der Waals surface area contributed by atoms with E-state index in [1.807, 2.05) is 18.3 Å². The fourth-order valence-electron chi connectivity index (χ4n) is 3.16. The maximum Gasteiger partial charge on any atom is 0.255 e. The van der Waals surface area contributed by atoms with Crippen LogP contribution in [0.3, 0.4) is 0 Å². The van der Waals surface area contributed by atoms with E-state index < -0.39 is 11.6 Å². The third-order valence-electron chi connectivity index (χ3n) is 4.92. The van der Waals surface area contributed by atoms with E-state index in [9.17, 15) is 18.4 Å². The van der Waals surface area contributed by atoms with Gasteiger partial charge in [-0.2, -0.15) is 5.10 Å². The van der Waals surface area contributed by atoms with Gasteiger partial charge in [0.05, 0.1) is 23.8 Å². The highest BCUT2D eigenvalue weighted by Crippen LogP contribution is 2.23. The molecule has 164 valence electrons. The molecule has 3 heterocycles. The first-order chi connectivity index (χ1) is 14.8. The molecule has 0 saturated carbocycles. The van der Waals surface area contributed by atoms with E-state index in [2.05, 4.69) is 15.3 Å². The lowest BCUT2D eigenvalue weighted by Gasteiger charge is -2.17. The van der Waals surface area contributed by atoms with E-state index >= 15 is 0 Å². The normalized spacial score (nSPS) is 13.0. The number of hydrogen-bond acceptors (Lipinski definition) is 4. The molecule has 1 saturated heterocycles. The molecule has 1 aliphatic heterocycles. The monoisotopic (exact) mass is 429 g/mol. The Kier molecular flexibility index (Phi) is 7.17. The third kappa shape index (κ3) is 5.78. The van der Waals surface area contributed by atoms with Gasteiger partial charge >= 0.3 is 0 Å². The molecule has 0 radical (unpaired) electrons. The fourth-order valence-corrected chi connectivity index (χ4v) is 3.16. The highest BCUT2D eigenvalue weighted by Gasteiger charge is 2.17. The number of amides is 2. The van der Waals surface area contributed by atoms with E-state index in [1.165, 1.54) is 17.7 Å². The van der Waals surface area contributed by atoms with Gasteiger partial charge in [0.2, 0.25) is 5.91 Å². The fraction of sp³-hybridized carbons (Fsp3) is 0.318. The number of rotatable bonds is 4. The van der Waals surface area contributed by atoms with E-state index in [0.29, 0.717) is 5.56 Å². The zero-order valence-electron chi connectivity index (χ0n) is 17.5. The molecule has 1 aliphatic rings. The van der Waals surface area contributed by atoms with Crippen LogP contribution in [-0.4, -0.2) is 60.1 Å². The summed E-state index contributed by atoms with van der Waals surface area (Å²) in [5.74, 6) is -1.25. The Labute approximate surface area is 179 Å². The molecule has 9 heteroatoms. The van der Waals surface area contributed by atoms with Gasteiger partial charge in [-0.25, -0.2) is 13.3 Å². The number of nitrogens with one attached hydrogen (secondary N) is 1. The predicted molar refractivity (Wildman–Crippen MR) is 114 cm³/mol. The van der Waals surface area contributed by atoms with Gasteiger partial charge in [0.25, 0.3) is 5.91 Å². The van der Waals surface area contributed by atoms with Gasteiger partial charge in [0.1, 0.15) is 11.6 Å². The van der Waals surface area contributed by atoms with Crippen LogP contribution in [0, 0.1) is 11.6 Å². The molecule has 0 unspecified atom stereocenters. The quantitative estimate of drug-likeness (QED) is 0.693. The average Bonchev–Trinajstić information content (AvgIpc) is 3.43. The second-order valence-corrected chi connectivity index (χ2v) is 7.37. The third-order valence-corrected chi connectivity index (χ3v) is 4.92. The molecule has 3 aromatic rings.